The molecule has 7 nitrogen and oxygen atoms in total. The average Bonchev–Trinajstić information content (AvgIpc) is 3.28. The molecule has 2 heterocycles. The Bertz CT molecular complexity index is 1330. The van der Waals surface area contributed by atoms with Crippen LogP contribution in [0.2, 0.25) is 0 Å². The molecule has 0 unspecified atom stereocenters. The molecule has 0 bridgehead atoms. The summed E-state index contributed by atoms with van der Waals surface area (Å²) in [4.78, 5) is 26.4. The zero-order chi connectivity index (χ0) is 25.1. The summed E-state index contributed by atoms with van der Waals surface area (Å²) in [5.41, 5.74) is 0.850. The number of aromatic nitrogens is 2. The predicted molar refractivity (Wildman–Crippen MR) is 144 cm³/mol. The highest BCUT2D eigenvalue weighted by Gasteiger charge is 2.41. The van der Waals surface area contributed by atoms with Crippen molar-refractivity contribution in [2.75, 3.05) is 6.61 Å². The van der Waals surface area contributed by atoms with Gasteiger partial charge in [0.05, 0.1) is 16.3 Å². The lowest BCUT2D eigenvalue weighted by Crippen LogP contribution is -2.38. The molecule has 1 aliphatic rings. The van der Waals surface area contributed by atoms with Gasteiger partial charge in [-0.15, -0.1) is 0 Å². The van der Waals surface area contributed by atoms with Crippen LogP contribution in [0, 0.1) is 3.57 Å². The smallest absolute Gasteiger partial charge is 0.330 e. The van der Waals surface area contributed by atoms with E-state index < -0.39 is 35.3 Å². The van der Waals surface area contributed by atoms with Crippen LogP contribution in [0.3, 0.4) is 0 Å². The number of nitrogens with zero attached hydrogens (tertiary/aromatic N) is 1. The Morgan fingerprint density at radius 2 is 1.42 bits per heavy atom. The van der Waals surface area contributed by atoms with E-state index in [1.54, 1.807) is 0 Å². The number of ether oxygens (including phenoxy) is 2. The number of aliphatic hydroxyl groups excluding tert-OH is 1. The number of aliphatic hydroxyl groups is 1. The molecular weight excluding hydrogens is 571 g/mol. The third-order valence-electron chi connectivity index (χ3n) is 6.44. The molecule has 1 aliphatic heterocycles. The SMILES string of the molecule is O=c1[nH]c(=O)n([C@@H]2C[C@H](O)[C@H](COC(c3ccccc3)(c3ccccc3)c3ccccc3)O2)cc1I. The van der Waals surface area contributed by atoms with Crippen LogP contribution in [0.1, 0.15) is 29.3 Å². The fraction of sp³-hybridized carbons (Fsp3) is 0.214. The van der Waals surface area contributed by atoms with Gasteiger partial charge < -0.3 is 14.6 Å². The van der Waals surface area contributed by atoms with Gasteiger partial charge in [-0.1, -0.05) is 91.0 Å². The van der Waals surface area contributed by atoms with E-state index in [4.69, 9.17) is 9.47 Å². The van der Waals surface area contributed by atoms with Crippen LogP contribution in [0.15, 0.2) is 107 Å². The molecule has 3 aromatic carbocycles. The van der Waals surface area contributed by atoms with Crippen molar-refractivity contribution in [1.29, 1.82) is 0 Å². The van der Waals surface area contributed by atoms with Gasteiger partial charge in [-0.05, 0) is 39.3 Å². The summed E-state index contributed by atoms with van der Waals surface area (Å²) in [6.07, 6.45) is -0.602. The molecule has 0 spiro atoms. The Morgan fingerprint density at radius 1 is 0.917 bits per heavy atom. The van der Waals surface area contributed by atoms with Crippen LogP contribution >= 0.6 is 22.6 Å². The summed E-state index contributed by atoms with van der Waals surface area (Å²) in [6.45, 7) is 0.0749. The third kappa shape index (κ3) is 4.69. The minimum absolute atomic E-state index is 0.0749. The van der Waals surface area contributed by atoms with Gasteiger partial charge in [0.15, 0.2) is 0 Å². The normalized spacial score (nSPS) is 19.9. The number of nitrogens with one attached hydrogen (secondary N) is 1. The molecule has 1 aromatic heterocycles. The summed E-state index contributed by atoms with van der Waals surface area (Å²) >= 11 is 1.86. The van der Waals surface area contributed by atoms with Gasteiger partial charge in [0.2, 0.25) is 0 Å². The van der Waals surface area contributed by atoms with Crippen LogP contribution < -0.4 is 11.2 Å². The van der Waals surface area contributed by atoms with Crippen molar-refractivity contribution < 1.29 is 14.6 Å². The highest BCUT2D eigenvalue weighted by molar-refractivity contribution is 14.1. The number of hydrogen-bond donors (Lipinski definition) is 2. The molecule has 4 aromatic rings. The number of benzene rings is 3. The molecule has 184 valence electrons. The first-order chi connectivity index (χ1) is 17.5. The van der Waals surface area contributed by atoms with E-state index in [9.17, 15) is 14.7 Å². The number of halogens is 1. The van der Waals surface area contributed by atoms with Crippen LogP contribution in [0.25, 0.3) is 0 Å². The fourth-order valence-electron chi connectivity index (χ4n) is 4.69. The first kappa shape index (κ1) is 24.6. The van der Waals surface area contributed by atoms with Crippen LogP contribution in [0.5, 0.6) is 0 Å². The van der Waals surface area contributed by atoms with Gasteiger partial charge in [-0.2, -0.15) is 0 Å². The van der Waals surface area contributed by atoms with Crippen molar-refractivity contribution in [1.82, 2.24) is 9.55 Å². The lowest BCUT2D eigenvalue weighted by Gasteiger charge is -2.37. The Labute approximate surface area is 221 Å². The second-order valence-corrected chi connectivity index (χ2v) is 9.83. The maximum atomic E-state index is 12.4. The Morgan fingerprint density at radius 3 is 1.92 bits per heavy atom. The van der Waals surface area contributed by atoms with E-state index in [0.717, 1.165) is 16.7 Å². The monoisotopic (exact) mass is 596 g/mol. The summed E-state index contributed by atoms with van der Waals surface area (Å²) in [7, 11) is 0. The number of H-pyrrole nitrogens is 1. The van der Waals surface area contributed by atoms with E-state index >= 15 is 0 Å². The number of aromatic amines is 1. The molecule has 1 saturated heterocycles. The summed E-state index contributed by atoms with van der Waals surface area (Å²) in [6, 6.07) is 29.9. The highest BCUT2D eigenvalue weighted by Crippen LogP contribution is 2.41. The van der Waals surface area contributed by atoms with E-state index in [2.05, 4.69) is 4.98 Å². The first-order valence-corrected chi connectivity index (χ1v) is 12.7. The van der Waals surface area contributed by atoms with Gasteiger partial charge in [0, 0.05) is 12.6 Å². The lowest BCUT2D eigenvalue weighted by molar-refractivity contribution is -0.0944. The largest absolute Gasteiger partial charge is 0.390 e. The highest BCUT2D eigenvalue weighted by atomic mass is 127. The quantitative estimate of drug-likeness (QED) is 0.250. The fourth-order valence-corrected chi connectivity index (χ4v) is 5.12. The molecular formula is C28H25IN2O5. The minimum Gasteiger partial charge on any atom is -0.390 e. The van der Waals surface area contributed by atoms with E-state index in [1.165, 1.54) is 10.8 Å². The van der Waals surface area contributed by atoms with Crippen molar-refractivity contribution >= 4 is 22.6 Å². The maximum Gasteiger partial charge on any atom is 0.330 e. The summed E-state index contributed by atoms with van der Waals surface area (Å²) in [5, 5.41) is 10.8. The van der Waals surface area contributed by atoms with E-state index in [0.29, 0.717) is 3.57 Å². The number of hydrogen-bond acceptors (Lipinski definition) is 5. The minimum atomic E-state index is -0.949. The molecule has 0 radical (unpaired) electrons. The van der Waals surface area contributed by atoms with Crippen LogP contribution in [0.4, 0.5) is 0 Å². The second kappa shape index (κ2) is 10.5. The molecule has 1 fully saturated rings. The predicted octanol–water partition coefficient (Wildman–Crippen LogP) is 3.80. The van der Waals surface area contributed by atoms with Gasteiger partial charge in [-0.3, -0.25) is 14.3 Å². The molecule has 5 rings (SSSR count). The molecule has 0 saturated carbocycles. The molecule has 0 amide bonds. The summed E-state index contributed by atoms with van der Waals surface area (Å²) < 4.78 is 14.5. The van der Waals surface area contributed by atoms with Gasteiger partial charge in [0.1, 0.15) is 17.9 Å². The van der Waals surface area contributed by atoms with Crippen molar-refractivity contribution in [3.8, 4) is 0 Å². The Balaban J connectivity index is 1.50. The first-order valence-electron chi connectivity index (χ1n) is 11.6. The molecule has 36 heavy (non-hydrogen) atoms. The average molecular weight is 596 g/mol. The third-order valence-corrected chi connectivity index (χ3v) is 7.21. The zero-order valence-electron chi connectivity index (χ0n) is 19.3. The maximum absolute atomic E-state index is 12.4. The molecule has 0 aliphatic carbocycles. The molecule has 8 heteroatoms. The van der Waals surface area contributed by atoms with Gasteiger partial charge in [0.25, 0.3) is 5.56 Å². The summed E-state index contributed by atoms with van der Waals surface area (Å²) in [5.74, 6) is 0. The van der Waals surface area contributed by atoms with E-state index in [1.807, 2.05) is 114 Å². The Kier molecular flexibility index (Phi) is 7.20. The van der Waals surface area contributed by atoms with Crippen molar-refractivity contribution in [2.24, 2.45) is 0 Å². The zero-order valence-corrected chi connectivity index (χ0v) is 21.4. The number of rotatable bonds is 7. The molecule has 3 atom stereocenters. The van der Waals surface area contributed by atoms with Crippen LogP contribution in [-0.4, -0.2) is 33.5 Å². The van der Waals surface area contributed by atoms with Crippen LogP contribution in [-0.2, 0) is 15.1 Å². The van der Waals surface area contributed by atoms with Crippen molar-refractivity contribution in [3.63, 3.8) is 0 Å². The Hall–Kier alpha value is -3.05. The van der Waals surface area contributed by atoms with Gasteiger partial charge in [-0.25, -0.2) is 4.79 Å². The van der Waals surface area contributed by atoms with E-state index in [-0.39, 0.29) is 13.0 Å². The standard InChI is InChI=1S/C28H25IN2O5/c29-22-17-31(27(34)30-26(22)33)25-16-23(32)24(36-25)18-35-28(19-10-4-1-5-11-19,20-12-6-2-7-13-20)21-14-8-3-9-15-21/h1-15,17,23-25,32H,16,18H2,(H,30,33,34)/t23-,24-,25-/m0/s1. The molecule has 2 N–H and O–H groups in total. The lowest BCUT2D eigenvalue weighted by atomic mass is 9.80. The van der Waals surface area contributed by atoms with Crippen molar-refractivity contribution in [3.05, 3.63) is 138 Å². The van der Waals surface area contributed by atoms with Gasteiger partial charge >= 0.3 is 5.69 Å². The topological polar surface area (TPSA) is 93.6 Å². The second-order valence-electron chi connectivity index (χ2n) is 8.67. The van der Waals surface area contributed by atoms with Crippen molar-refractivity contribution in [2.45, 2.75) is 30.5 Å².